The molecule has 0 aliphatic heterocycles. The van der Waals surface area contributed by atoms with Crippen molar-refractivity contribution in [2.75, 3.05) is 5.32 Å². The molecule has 0 saturated carbocycles. The second-order valence-electron chi connectivity index (χ2n) is 7.73. The van der Waals surface area contributed by atoms with Crippen LogP contribution < -0.4 is 10.6 Å². The molecule has 0 atom stereocenters. The molecule has 1 aromatic heterocycles. The SMILES string of the molecule is CC(C)NC(=O)c1ccc(C(=O)Nc2cccc(-c3ccnc4ccccc34)c2)c(Cl)c1. The summed E-state index contributed by atoms with van der Waals surface area (Å²) in [5.41, 5.74) is 4.26. The van der Waals surface area contributed by atoms with E-state index in [0.29, 0.717) is 16.8 Å². The smallest absolute Gasteiger partial charge is 0.257 e. The highest BCUT2D eigenvalue weighted by Crippen LogP contribution is 2.29. The quantitative estimate of drug-likeness (QED) is 0.400. The molecule has 0 spiro atoms. The number of nitrogens with zero attached hydrogens (tertiary/aromatic N) is 1. The molecule has 0 fully saturated rings. The van der Waals surface area contributed by atoms with E-state index in [1.54, 1.807) is 18.3 Å². The summed E-state index contributed by atoms with van der Waals surface area (Å²) in [4.78, 5) is 29.4. The second kappa shape index (κ2) is 9.20. The molecule has 4 aromatic rings. The highest BCUT2D eigenvalue weighted by atomic mass is 35.5. The third kappa shape index (κ3) is 4.63. The second-order valence-corrected chi connectivity index (χ2v) is 8.14. The van der Waals surface area contributed by atoms with Gasteiger partial charge >= 0.3 is 0 Å². The van der Waals surface area contributed by atoms with Gasteiger partial charge in [0.2, 0.25) is 0 Å². The lowest BCUT2D eigenvalue weighted by molar-refractivity contribution is 0.0941. The molecular formula is C26H22ClN3O2. The van der Waals surface area contributed by atoms with Crippen molar-refractivity contribution in [1.82, 2.24) is 10.3 Å². The van der Waals surface area contributed by atoms with Crippen LogP contribution in [0.2, 0.25) is 5.02 Å². The molecule has 0 bridgehead atoms. The van der Waals surface area contributed by atoms with Crippen LogP contribution in [-0.4, -0.2) is 22.8 Å². The van der Waals surface area contributed by atoms with Crippen molar-refractivity contribution in [2.45, 2.75) is 19.9 Å². The first-order valence-electron chi connectivity index (χ1n) is 10.3. The summed E-state index contributed by atoms with van der Waals surface area (Å²) in [6.07, 6.45) is 1.78. The van der Waals surface area contributed by atoms with Gasteiger partial charge in [-0.15, -0.1) is 0 Å². The van der Waals surface area contributed by atoms with E-state index in [4.69, 9.17) is 11.6 Å². The van der Waals surface area contributed by atoms with Gasteiger partial charge in [-0.1, -0.05) is 41.9 Å². The maximum atomic E-state index is 12.8. The number of carbonyl (C=O) groups excluding carboxylic acids is 2. The number of hydrogen-bond donors (Lipinski definition) is 2. The fraction of sp³-hybridized carbons (Fsp3) is 0.115. The minimum absolute atomic E-state index is 0.00837. The number of fused-ring (bicyclic) bond motifs is 1. The molecule has 6 heteroatoms. The van der Waals surface area contributed by atoms with Gasteiger partial charge in [0.05, 0.1) is 16.1 Å². The molecule has 0 aliphatic rings. The van der Waals surface area contributed by atoms with Crippen LogP contribution in [0.1, 0.15) is 34.6 Å². The number of amides is 2. The largest absolute Gasteiger partial charge is 0.350 e. The van der Waals surface area contributed by atoms with Gasteiger partial charge in [0.1, 0.15) is 0 Å². The molecule has 160 valence electrons. The van der Waals surface area contributed by atoms with E-state index in [1.165, 1.54) is 6.07 Å². The molecule has 2 N–H and O–H groups in total. The highest BCUT2D eigenvalue weighted by Gasteiger charge is 2.15. The van der Waals surface area contributed by atoms with Crippen molar-refractivity contribution >= 4 is 40.0 Å². The van der Waals surface area contributed by atoms with Crippen LogP contribution in [0.15, 0.2) is 79.0 Å². The van der Waals surface area contributed by atoms with Gasteiger partial charge in [0, 0.05) is 28.9 Å². The average molecular weight is 444 g/mol. The average Bonchev–Trinajstić information content (AvgIpc) is 2.78. The molecular weight excluding hydrogens is 422 g/mol. The van der Waals surface area contributed by atoms with Crippen LogP contribution in [0.25, 0.3) is 22.0 Å². The van der Waals surface area contributed by atoms with Crippen molar-refractivity contribution in [3.8, 4) is 11.1 Å². The number of hydrogen-bond acceptors (Lipinski definition) is 3. The summed E-state index contributed by atoms with van der Waals surface area (Å²) in [6, 6.07) is 22.2. The molecule has 0 saturated heterocycles. The summed E-state index contributed by atoms with van der Waals surface area (Å²) in [5, 5.41) is 6.96. The van der Waals surface area contributed by atoms with E-state index in [-0.39, 0.29) is 22.9 Å². The maximum Gasteiger partial charge on any atom is 0.257 e. The van der Waals surface area contributed by atoms with E-state index < -0.39 is 0 Å². The summed E-state index contributed by atoms with van der Waals surface area (Å²) in [6.45, 7) is 3.76. The molecule has 4 rings (SSSR count). The van der Waals surface area contributed by atoms with Gasteiger partial charge in [-0.3, -0.25) is 14.6 Å². The Bertz CT molecular complexity index is 1310. The van der Waals surface area contributed by atoms with Gasteiger partial charge < -0.3 is 10.6 Å². The summed E-state index contributed by atoms with van der Waals surface area (Å²) in [5.74, 6) is -0.575. The van der Waals surface area contributed by atoms with Crippen molar-refractivity contribution in [2.24, 2.45) is 0 Å². The predicted molar refractivity (Wildman–Crippen MR) is 129 cm³/mol. The monoisotopic (exact) mass is 443 g/mol. The normalized spacial score (nSPS) is 10.9. The number of nitrogens with one attached hydrogen (secondary N) is 2. The summed E-state index contributed by atoms with van der Waals surface area (Å²) >= 11 is 6.32. The minimum Gasteiger partial charge on any atom is -0.350 e. The zero-order valence-corrected chi connectivity index (χ0v) is 18.5. The van der Waals surface area contributed by atoms with Gasteiger partial charge in [-0.2, -0.15) is 0 Å². The van der Waals surface area contributed by atoms with Gasteiger partial charge in [-0.05, 0) is 67.4 Å². The Hall–Kier alpha value is -3.70. The van der Waals surface area contributed by atoms with Gasteiger partial charge in [-0.25, -0.2) is 0 Å². The number of pyridine rings is 1. The van der Waals surface area contributed by atoms with Crippen molar-refractivity contribution in [1.29, 1.82) is 0 Å². The topological polar surface area (TPSA) is 71.1 Å². The first-order valence-corrected chi connectivity index (χ1v) is 10.7. The molecule has 5 nitrogen and oxygen atoms in total. The van der Waals surface area contributed by atoms with Crippen molar-refractivity contribution < 1.29 is 9.59 Å². The standard InChI is InChI=1S/C26H22ClN3O2/c1-16(2)29-25(31)18-10-11-22(23(27)15-18)26(32)30-19-7-5-6-17(14-19)20-12-13-28-24-9-4-3-8-21(20)24/h3-16H,1-2H3,(H,29,31)(H,30,32). The molecule has 1 heterocycles. The molecule has 0 aliphatic carbocycles. The van der Waals surface area contributed by atoms with E-state index in [9.17, 15) is 9.59 Å². The zero-order chi connectivity index (χ0) is 22.7. The molecule has 0 radical (unpaired) electrons. The fourth-order valence-electron chi connectivity index (χ4n) is 3.50. The summed E-state index contributed by atoms with van der Waals surface area (Å²) < 4.78 is 0. The lowest BCUT2D eigenvalue weighted by atomic mass is 10.0. The molecule has 2 amide bonds. The van der Waals surface area contributed by atoms with Crippen LogP contribution in [0.3, 0.4) is 0 Å². The van der Waals surface area contributed by atoms with Crippen LogP contribution >= 0.6 is 11.6 Å². The molecule has 0 unspecified atom stereocenters. The number of halogens is 1. The van der Waals surface area contributed by atoms with E-state index in [0.717, 1.165) is 22.0 Å². The van der Waals surface area contributed by atoms with Gasteiger partial charge in [0.25, 0.3) is 11.8 Å². The molecule has 3 aromatic carbocycles. The lowest BCUT2D eigenvalue weighted by Crippen LogP contribution is -2.30. The number of carbonyl (C=O) groups is 2. The Labute approximate surface area is 191 Å². The number of aromatic nitrogens is 1. The summed E-state index contributed by atoms with van der Waals surface area (Å²) in [7, 11) is 0. The van der Waals surface area contributed by atoms with Gasteiger partial charge in [0.15, 0.2) is 0 Å². The minimum atomic E-state index is -0.345. The Morgan fingerprint density at radius 1 is 0.906 bits per heavy atom. The number of para-hydroxylation sites is 1. The molecule has 32 heavy (non-hydrogen) atoms. The zero-order valence-electron chi connectivity index (χ0n) is 17.7. The Morgan fingerprint density at radius 3 is 2.50 bits per heavy atom. The Kier molecular flexibility index (Phi) is 6.19. The first-order chi connectivity index (χ1) is 15.4. The Balaban J connectivity index is 1.58. The lowest BCUT2D eigenvalue weighted by Gasteiger charge is -2.12. The first kappa shape index (κ1) is 21.5. The van der Waals surface area contributed by atoms with E-state index in [1.807, 2.05) is 68.4 Å². The number of anilines is 1. The number of benzene rings is 3. The maximum absolute atomic E-state index is 12.8. The third-order valence-corrected chi connectivity index (χ3v) is 5.29. The van der Waals surface area contributed by atoms with Crippen molar-refractivity contribution in [3.05, 3.63) is 95.1 Å². The van der Waals surface area contributed by atoms with Crippen LogP contribution in [0.4, 0.5) is 5.69 Å². The van der Waals surface area contributed by atoms with E-state index in [2.05, 4.69) is 15.6 Å². The fourth-order valence-corrected chi connectivity index (χ4v) is 3.76. The highest BCUT2D eigenvalue weighted by molar-refractivity contribution is 6.34. The van der Waals surface area contributed by atoms with Crippen LogP contribution in [0, 0.1) is 0 Å². The third-order valence-electron chi connectivity index (χ3n) is 4.98. The van der Waals surface area contributed by atoms with E-state index >= 15 is 0 Å². The van der Waals surface area contributed by atoms with Crippen molar-refractivity contribution in [3.63, 3.8) is 0 Å². The predicted octanol–water partition coefficient (Wildman–Crippen LogP) is 5.95. The number of rotatable bonds is 5. The van der Waals surface area contributed by atoms with Crippen LogP contribution in [-0.2, 0) is 0 Å². The Morgan fingerprint density at radius 2 is 1.72 bits per heavy atom. The van der Waals surface area contributed by atoms with Crippen LogP contribution in [0.5, 0.6) is 0 Å².